The van der Waals surface area contributed by atoms with E-state index >= 15 is 0 Å². The fraction of sp³-hybridized carbons (Fsp3) is 0.250. The highest BCUT2D eigenvalue weighted by Gasteiger charge is 2.11. The van der Waals surface area contributed by atoms with Crippen molar-refractivity contribution >= 4 is 17.3 Å². The molecule has 1 N–H and O–H groups in total. The zero-order valence-electron chi connectivity index (χ0n) is 11.3. The summed E-state index contributed by atoms with van der Waals surface area (Å²) in [6.45, 7) is 3.92. The summed E-state index contributed by atoms with van der Waals surface area (Å²) in [6, 6.07) is 11.9. The van der Waals surface area contributed by atoms with Gasteiger partial charge in [0.15, 0.2) is 11.5 Å². The fourth-order valence-corrected chi connectivity index (χ4v) is 2.45. The van der Waals surface area contributed by atoms with Gasteiger partial charge in [-0.05, 0) is 36.2 Å². The molecule has 0 amide bonds. The van der Waals surface area contributed by atoms with E-state index in [0.717, 1.165) is 33.3 Å². The van der Waals surface area contributed by atoms with E-state index in [2.05, 4.69) is 11.4 Å². The predicted molar refractivity (Wildman–Crippen MR) is 80.9 cm³/mol. The number of hydrogen-bond acceptors (Lipinski definition) is 3. The van der Waals surface area contributed by atoms with Crippen molar-refractivity contribution in [2.75, 3.05) is 18.5 Å². The second-order valence-electron chi connectivity index (χ2n) is 4.81. The fourth-order valence-electron chi connectivity index (χ4n) is 2.15. The Labute approximate surface area is 123 Å². The summed E-state index contributed by atoms with van der Waals surface area (Å²) >= 11 is 6.23. The van der Waals surface area contributed by atoms with Gasteiger partial charge in [-0.2, -0.15) is 0 Å². The molecule has 1 aliphatic heterocycles. The molecule has 1 heterocycles. The maximum Gasteiger partial charge on any atom is 0.163 e. The minimum absolute atomic E-state index is 0.597. The van der Waals surface area contributed by atoms with Crippen molar-refractivity contribution in [1.82, 2.24) is 0 Å². The number of rotatable bonds is 3. The first-order chi connectivity index (χ1) is 9.72. The summed E-state index contributed by atoms with van der Waals surface area (Å²) in [7, 11) is 0. The molecule has 0 spiro atoms. The summed E-state index contributed by atoms with van der Waals surface area (Å²) in [6.07, 6.45) is 0. The Morgan fingerprint density at radius 3 is 2.65 bits per heavy atom. The van der Waals surface area contributed by atoms with Crippen molar-refractivity contribution in [3.05, 3.63) is 52.5 Å². The first-order valence-corrected chi connectivity index (χ1v) is 6.99. The minimum atomic E-state index is 0.597. The van der Waals surface area contributed by atoms with Crippen LogP contribution in [0.1, 0.15) is 11.1 Å². The van der Waals surface area contributed by atoms with Crippen LogP contribution in [0.25, 0.3) is 0 Å². The molecule has 0 fully saturated rings. The lowest BCUT2D eigenvalue weighted by molar-refractivity contribution is 0.171. The molecule has 2 aromatic rings. The van der Waals surface area contributed by atoms with Crippen LogP contribution < -0.4 is 14.8 Å². The van der Waals surface area contributed by atoms with E-state index in [4.69, 9.17) is 21.1 Å². The van der Waals surface area contributed by atoms with Crippen LogP contribution in [0.15, 0.2) is 36.4 Å². The Bertz CT molecular complexity index is 628. The van der Waals surface area contributed by atoms with Gasteiger partial charge in [0.2, 0.25) is 0 Å². The van der Waals surface area contributed by atoms with Gasteiger partial charge in [-0.15, -0.1) is 0 Å². The number of benzene rings is 2. The Balaban J connectivity index is 1.72. The topological polar surface area (TPSA) is 30.5 Å². The quantitative estimate of drug-likeness (QED) is 0.925. The van der Waals surface area contributed by atoms with E-state index in [0.29, 0.717) is 19.8 Å². The molecule has 0 unspecified atom stereocenters. The minimum Gasteiger partial charge on any atom is -0.486 e. The average molecular weight is 290 g/mol. The first kappa shape index (κ1) is 13.1. The third-order valence-electron chi connectivity index (χ3n) is 3.23. The lowest BCUT2D eigenvalue weighted by atomic mass is 10.1. The van der Waals surface area contributed by atoms with E-state index in [1.807, 2.05) is 37.3 Å². The van der Waals surface area contributed by atoms with Crippen molar-refractivity contribution in [3.63, 3.8) is 0 Å². The van der Waals surface area contributed by atoms with Crippen molar-refractivity contribution in [2.24, 2.45) is 0 Å². The van der Waals surface area contributed by atoms with E-state index in [9.17, 15) is 0 Å². The van der Waals surface area contributed by atoms with Crippen molar-refractivity contribution in [3.8, 4) is 11.5 Å². The summed E-state index contributed by atoms with van der Waals surface area (Å²) in [5.74, 6) is 1.59. The monoisotopic (exact) mass is 289 g/mol. The van der Waals surface area contributed by atoms with E-state index in [1.165, 1.54) is 0 Å². The molecule has 1 aliphatic rings. The summed E-state index contributed by atoms with van der Waals surface area (Å²) in [5, 5.41) is 4.14. The van der Waals surface area contributed by atoms with E-state index in [1.54, 1.807) is 0 Å². The standard InChI is InChI=1S/C16H16ClNO2/c1-11-2-3-12(14(17)8-11)10-18-13-4-5-15-16(9-13)20-7-6-19-15/h2-5,8-9,18H,6-7,10H2,1H3. The molecule has 0 aromatic heterocycles. The zero-order chi connectivity index (χ0) is 13.9. The molecule has 3 rings (SSSR count). The molecule has 0 aliphatic carbocycles. The molecule has 0 saturated carbocycles. The number of fused-ring (bicyclic) bond motifs is 1. The van der Waals surface area contributed by atoms with Crippen molar-refractivity contribution < 1.29 is 9.47 Å². The van der Waals surface area contributed by atoms with Crippen LogP contribution in [0.4, 0.5) is 5.69 Å². The summed E-state index contributed by atoms with van der Waals surface area (Å²) < 4.78 is 11.1. The van der Waals surface area contributed by atoms with Crippen LogP contribution in [0.2, 0.25) is 5.02 Å². The molecular weight excluding hydrogens is 274 g/mol. The number of ether oxygens (including phenoxy) is 2. The van der Waals surface area contributed by atoms with Gasteiger partial charge in [0.25, 0.3) is 0 Å². The van der Waals surface area contributed by atoms with Crippen LogP contribution >= 0.6 is 11.6 Å². The molecule has 104 valence electrons. The van der Waals surface area contributed by atoms with Crippen LogP contribution in [-0.4, -0.2) is 13.2 Å². The molecule has 0 atom stereocenters. The van der Waals surface area contributed by atoms with Crippen LogP contribution in [0.5, 0.6) is 11.5 Å². The van der Waals surface area contributed by atoms with Gasteiger partial charge >= 0.3 is 0 Å². The number of nitrogens with one attached hydrogen (secondary N) is 1. The largest absolute Gasteiger partial charge is 0.486 e. The molecule has 0 saturated heterocycles. The van der Waals surface area contributed by atoms with Gasteiger partial charge in [0.05, 0.1) is 0 Å². The first-order valence-electron chi connectivity index (χ1n) is 6.61. The molecule has 4 heteroatoms. The SMILES string of the molecule is Cc1ccc(CNc2ccc3c(c2)OCCO3)c(Cl)c1. The van der Waals surface area contributed by atoms with Gasteiger partial charge in [-0.25, -0.2) is 0 Å². The Kier molecular flexibility index (Phi) is 3.70. The third kappa shape index (κ3) is 2.83. The Hall–Kier alpha value is -1.87. The maximum atomic E-state index is 6.23. The molecular formula is C16H16ClNO2. The molecule has 0 bridgehead atoms. The zero-order valence-corrected chi connectivity index (χ0v) is 12.0. The second-order valence-corrected chi connectivity index (χ2v) is 5.21. The molecule has 0 radical (unpaired) electrons. The van der Waals surface area contributed by atoms with E-state index in [-0.39, 0.29) is 0 Å². The predicted octanol–water partition coefficient (Wildman–Crippen LogP) is 4.03. The maximum absolute atomic E-state index is 6.23. The number of aryl methyl sites for hydroxylation is 1. The Morgan fingerprint density at radius 1 is 1.05 bits per heavy atom. The van der Waals surface area contributed by atoms with Gasteiger partial charge < -0.3 is 14.8 Å². The number of anilines is 1. The van der Waals surface area contributed by atoms with Crippen LogP contribution in [-0.2, 0) is 6.54 Å². The lowest BCUT2D eigenvalue weighted by Gasteiger charge is -2.19. The average Bonchev–Trinajstić information content (AvgIpc) is 2.46. The summed E-state index contributed by atoms with van der Waals surface area (Å²) in [5.41, 5.74) is 3.23. The molecule has 20 heavy (non-hydrogen) atoms. The van der Waals surface area contributed by atoms with Crippen molar-refractivity contribution in [2.45, 2.75) is 13.5 Å². The highest BCUT2D eigenvalue weighted by atomic mass is 35.5. The highest BCUT2D eigenvalue weighted by Crippen LogP contribution is 2.32. The molecule has 3 nitrogen and oxygen atoms in total. The smallest absolute Gasteiger partial charge is 0.163 e. The second kappa shape index (κ2) is 5.63. The van der Waals surface area contributed by atoms with Gasteiger partial charge in [0.1, 0.15) is 13.2 Å². The normalized spacial score (nSPS) is 13.1. The Morgan fingerprint density at radius 2 is 1.85 bits per heavy atom. The van der Waals surface area contributed by atoms with E-state index < -0.39 is 0 Å². The van der Waals surface area contributed by atoms with Crippen molar-refractivity contribution in [1.29, 1.82) is 0 Å². The van der Waals surface area contributed by atoms with Crippen LogP contribution in [0, 0.1) is 6.92 Å². The van der Waals surface area contributed by atoms with Crippen LogP contribution in [0.3, 0.4) is 0 Å². The molecule has 2 aromatic carbocycles. The summed E-state index contributed by atoms with van der Waals surface area (Å²) in [4.78, 5) is 0. The number of hydrogen-bond donors (Lipinski definition) is 1. The highest BCUT2D eigenvalue weighted by molar-refractivity contribution is 6.31. The van der Waals surface area contributed by atoms with Gasteiger partial charge in [0, 0.05) is 23.3 Å². The van der Waals surface area contributed by atoms with Gasteiger partial charge in [-0.1, -0.05) is 23.7 Å². The lowest BCUT2D eigenvalue weighted by Crippen LogP contribution is -2.15. The van der Waals surface area contributed by atoms with Gasteiger partial charge in [-0.3, -0.25) is 0 Å². The third-order valence-corrected chi connectivity index (χ3v) is 3.59. The number of halogens is 1.